The topological polar surface area (TPSA) is 90.4 Å². The summed E-state index contributed by atoms with van der Waals surface area (Å²) in [7, 11) is 1.58. The highest BCUT2D eigenvalue weighted by Gasteiger charge is 2.17. The van der Waals surface area contributed by atoms with Crippen LogP contribution in [-0.2, 0) is 0 Å². The molecule has 0 bridgehead atoms. The van der Waals surface area contributed by atoms with Crippen molar-refractivity contribution >= 4 is 32.6 Å². The molecule has 0 atom stereocenters. The maximum atomic E-state index is 12.3. The van der Waals surface area contributed by atoms with E-state index >= 15 is 0 Å². The van der Waals surface area contributed by atoms with Crippen molar-refractivity contribution in [3.8, 4) is 17.3 Å². The molecular weight excluding hydrogens is 330 g/mol. The van der Waals surface area contributed by atoms with E-state index in [2.05, 4.69) is 15.5 Å². The van der Waals surface area contributed by atoms with E-state index in [0.29, 0.717) is 27.9 Å². The van der Waals surface area contributed by atoms with E-state index in [0.717, 1.165) is 4.70 Å². The van der Waals surface area contributed by atoms with Gasteiger partial charge in [-0.15, -0.1) is 0 Å². The molecule has 24 heavy (non-hydrogen) atoms. The number of nitrogens with one attached hydrogen (secondary N) is 1. The Morgan fingerprint density at radius 2 is 2.17 bits per heavy atom. The fourth-order valence-electron chi connectivity index (χ4n) is 2.22. The molecule has 0 saturated carbocycles. The molecule has 1 amide bonds. The van der Waals surface area contributed by atoms with E-state index in [9.17, 15) is 4.79 Å². The molecule has 0 unspecified atom stereocenters. The third kappa shape index (κ3) is 2.52. The number of rotatable bonds is 4. The van der Waals surface area contributed by atoms with Gasteiger partial charge in [-0.1, -0.05) is 22.6 Å². The third-order valence-corrected chi connectivity index (χ3v) is 4.27. The Morgan fingerprint density at radius 3 is 2.96 bits per heavy atom. The van der Waals surface area contributed by atoms with Crippen molar-refractivity contribution < 1.29 is 18.5 Å². The summed E-state index contributed by atoms with van der Waals surface area (Å²) in [4.78, 5) is 16.7. The summed E-state index contributed by atoms with van der Waals surface area (Å²) in [5, 5.41) is 6.94. The molecule has 4 aromatic rings. The Kier molecular flexibility index (Phi) is 3.51. The molecule has 1 N–H and O–H groups in total. The van der Waals surface area contributed by atoms with Crippen molar-refractivity contribution in [2.75, 3.05) is 12.4 Å². The van der Waals surface area contributed by atoms with Crippen molar-refractivity contribution in [1.82, 2.24) is 10.1 Å². The van der Waals surface area contributed by atoms with Gasteiger partial charge in [-0.2, -0.15) is 0 Å². The quantitative estimate of drug-likeness (QED) is 0.607. The minimum Gasteiger partial charge on any atom is -0.494 e. The summed E-state index contributed by atoms with van der Waals surface area (Å²) >= 11 is 1.35. The number of hydrogen-bond acceptors (Lipinski definition) is 7. The van der Waals surface area contributed by atoms with Crippen molar-refractivity contribution in [2.24, 2.45) is 0 Å². The molecular formula is C16H11N3O4S. The van der Waals surface area contributed by atoms with Gasteiger partial charge in [-0.25, -0.2) is 4.98 Å². The molecule has 7 nitrogen and oxygen atoms in total. The molecule has 0 radical (unpaired) electrons. The smallest absolute Gasteiger partial charge is 0.279 e. The van der Waals surface area contributed by atoms with E-state index in [1.165, 1.54) is 23.7 Å². The Bertz CT molecular complexity index is 1000. The molecule has 1 aromatic carbocycles. The first-order chi connectivity index (χ1) is 11.7. The highest BCUT2D eigenvalue weighted by molar-refractivity contribution is 7.22. The molecule has 0 aliphatic heterocycles. The van der Waals surface area contributed by atoms with Crippen molar-refractivity contribution in [2.45, 2.75) is 0 Å². The molecule has 0 aliphatic carbocycles. The summed E-state index contributed by atoms with van der Waals surface area (Å²) in [6, 6.07) is 10.6. The number of aromatic nitrogens is 2. The molecule has 0 aliphatic rings. The van der Waals surface area contributed by atoms with Crippen LogP contribution in [0.5, 0.6) is 5.75 Å². The molecule has 3 aromatic heterocycles. The van der Waals surface area contributed by atoms with Crippen LogP contribution in [0, 0.1) is 0 Å². The second-order valence-corrected chi connectivity index (χ2v) is 5.86. The lowest BCUT2D eigenvalue weighted by molar-refractivity contribution is 0.101. The number of nitrogens with zero attached hydrogens (tertiary/aromatic N) is 2. The predicted molar refractivity (Wildman–Crippen MR) is 88.3 cm³/mol. The van der Waals surface area contributed by atoms with Gasteiger partial charge in [0.25, 0.3) is 5.91 Å². The van der Waals surface area contributed by atoms with Crippen LogP contribution in [0.1, 0.15) is 10.5 Å². The number of hydrogen-bond donors (Lipinski definition) is 1. The number of methoxy groups -OCH3 is 1. The first-order valence-corrected chi connectivity index (χ1v) is 7.82. The summed E-state index contributed by atoms with van der Waals surface area (Å²) in [5.41, 5.74) is 0.851. The lowest BCUT2D eigenvalue weighted by atomic mass is 10.3. The lowest BCUT2D eigenvalue weighted by Gasteiger charge is -1.98. The minimum absolute atomic E-state index is 0.146. The van der Waals surface area contributed by atoms with Crippen molar-refractivity contribution in [3.63, 3.8) is 0 Å². The second kappa shape index (κ2) is 5.82. The number of carbonyl (C=O) groups excluding carboxylic acids is 1. The largest absolute Gasteiger partial charge is 0.494 e. The number of thiazole rings is 1. The molecule has 0 fully saturated rings. The fourth-order valence-corrected chi connectivity index (χ4v) is 3.10. The number of benzene rings is 1. The van der Waals surface area contributed by atoms with E-state index in [1.54, 1.807) is 19.2 Å². The van der Waals surface area contributed by atoms with Crippen LogP contribution in [0.3, 0.4) is 0 Å². The van der Waals surface area contributed by atoms with E-state index in [1.807, 2.05) is 18.2 Å². The fraction of sp³-hybridized carbons (Fsp3) is 0.0625. The maximum Gasteiger partial charge on any atom is 0.279 e. The Balaban J connectivity index is 1.58. The molecule has 0 spiro atoms. The normalized spacial score (nSPS) is 10.9. The predicted octanol–water partition coefficient (Wildman–Crippen LogP) is 3.81. The van der Waals surface area contributed by atoms with Crippen LogP contribution in [0.25, 0.3) is 21.7 Å². The van der Waals surface area contributed by atoms with Crippen LogP contribution in [-0.4, -0.2) is 23.2 Å². The molecule has 8 heteroatoms. The second-order valence-electron chi connectivity index (χ2n) is 4.83. The maximum absolute atomic E-state index is 12.3. The highest BCUT2D eigenvalue weighted by atomic mass is 32.1. The number of amides is 1. The Labute approximate surface area is 139 Å². The average molecular weight is 341 g/mol. The number of anilines is 1. The van der Waals surface area contributed by atoms with Gasteiger partial charge < -0.3 is 13.7 Å². The Hall–Kier alpha value is -3.13. The SMILES string of the molecule is COc1cccc2sc(NC(=O)c3cc(-c4ccco4)on3)nc12. The van der Waals surface area contributed by atoms with Gasteiger partial charge in [0.05, 0.1) is 18.1 Å². The molecule has 3 heterocycles. The van der Waals surface area contributed by atoms with Crippen LogP contribution in [0.2, 0.25) is 0 Å². The van der Waals surface area contributed by atoms with Gasteiger partial charge >= 0.3 is 0 Å². The first-order valence-electron chi connectivity index (χ1n) is 7.00. The number of ether oxygens (including phenoxy) is 1. The summed E-state index contributed by atoms with van der Waals surface area (Å²) < 4.78 is 16.5. The number of para-hydroxylation sites is 1. The van der Waals surface area contributed by atoms with Gasteiger partial charge in [0.15, 0.2) is 16.6 Å². The summed E-state index contributed by atoms with van der Waals surface area (Å²) in [6.07, 6.45) is 1.52. The van der Waals surface area contributed by atoms with Crippen molar-refractivity contribution in [1.29, 1.82) is 0 Å². The van der Waals surface area contributed by atoms with Gasteiger partial charge in [-0.05, 0) is 24.3 Å². The van der Waals surface area contributed by atoms with E-state index < -0.39 is 5.91 Å². The van der Waals surface area contributed by atoms with Crippen LogP contribution in [0.15, 0.2) is 51.6 Å². The van der Waals surface area contributed by atoms with Gasteiger partial charge in [0, 0.05) is 6.07 Å². The average Bonchev–Trinajstić information content (AvgIpc) is 3.32. The van der Waals surface area contributed by atoms with Crippen LogP contribution < -0.4 is 10.1 Å². The lowest BCUT2D eigenvalue weighted by Crippen LogP contribution is -2.11. The third-order valence-electron chi connectivity index (χ3n) is 3.33. The minimum atomic E-state index is -0.408. The van der Waals surface area contributed by atoms with E-state index in [-0.39, 0.29) is 5.69 Å². The molecule has 120 valence electrons. The van der Waals surface area contributed by atoms with Crippen molar-refractivity contribution in [3.05, 3.63) is 48.4 Å². The van der Waals surface area contributed by atoms with Crippen LogP contribution >= 0.6 is 11.3 Å². The number of carbonyl (C=O) groups is 1. The number of furan rings is 1. The first kappa shape index (κ1) is 14.5. The Morgan fingerprint density at radius 1 is 1.25 bits per heavy atom. The highest BCUT2D eigenvalue weighted by Crippen LogP contribution is 2.32. The van der Waals surface area contributed by atoms with Crippen LogP contribution in [0.4, 0.5) is 5.13 Å². The zero-order valence-electron chi connectivity index (χ0n) is 12.5. The summed E-state index contributed by atoms with van der Waals surface area (Å²) in [5.74, 6) is 1.14. The molecule has 4 rings (SSSR count). The number of fused-ring (bicyclic) bond motifs is 1. The standard InChI is InChI=1S/C16H11N3O4S/c1-21-11-4-2-6-13-14(11)17-16(24-13)18-15(20)9-8-12(23-19-9)10-5-3-7-22-10/h2-8H,1H3,(H,17,18,20). The van der Waals surface area contributed by atoms with Gasteiger partial charge in [0.2, 0.25) is 5.76 Å². The zero-order chi connectivity index (χ0) is 16.5. The van der Waals surface area contributed by atoms with Gasteiger partial charge in [-0.3, -0.25) is 10.1 Å². The van der Waals surface area contributed by atoms with E-state index in [4.69, 9.17) is 13.7 Å². The monoisotopic (exact) mass is 341 g/mol. The van der Waals surface area contributed by atoms with Gasteiger partial charge in [0.1, 0.15) is 11.3 Å². The zero-order valence-corrected chi connectivity index (χ0v) is 13.3. The molecule has 0 saturated heterocycles. The summed E-state index contributed by atoms with van der Waals surface area (Å²) in [6.45, 7) is 0.